The molecule has 8 heteroatoms. The van der Waals surface area contributed by atoms with Crippen molar-refractivity contribution in [3.8, 4) is 0 Å². The summed E-state index contributed by atoms with van der Waals surface area (Å²) in [5.74, 6) is 0.0798. The van der Waals surface area contributed by atoms with Crippen LogP contribution < -0.4 is 10.2 Å². The highest BCUT2D eigenvalue weighted by Crippen LogP contribution is 2.37. The summed E-state index contributed by atoms with van der Waals surface area (Å²) in [5.41, 5.74) is 1.77. The van der Waals surface area contributed by atoms with Gasteiger partial charge in [0.15, 0.2) is 0 Å². The number of anilines is 1. The van der Waals surface area contributed by atoms with Gasteiger partial charge in [-0.15, -0.1) is 0 Å². The Morgan fingerprint density at radius 2 is 1.97 bits per heavy atom. The quantitative estimate of drug-likeness (QED) is 0.739. The van der Waals surface area contributed by atoms with Crippen LogP contribution in [0.25, 0.3) is 0 Å². The molecular formula is C21H27N3O4S. The molecule has 1 saturated heterocycles. The summed E-state index contributed by atoms with van der Waals surface area (Å²) in [4.78, 5) is 26.1. The predicted molar refractivity (Wildman–Crippen MR) is 110 cm³/mol. The summed E-state index contributed by atoms with van der Waals surface area (Å²) in [6.45, 7) is 6.74. The second kappa shape index (κ2) is 7.57. The van der Waals surface area contributed by atoms with E-state index in [0.29, 0.717) is 32.5 Å². The Hall–Kier alpha value is -2.19. The van der Waals surface area contributed by atoms with Gasteiger partial charge in [0.05, 0.1) is 4.90 Å². The molecule has 29 heavy (non-hydrogen) atoms. The summed E-state index contributed by atoms with van der Waals surface area (Å²) in [6, 6.07) is 5.05. The third-order valence-electron chi connectivity index (χ3n) is 6.16. The first kappa shape index (κ1) is 20.1. The van der Waals surface area contributed by atoms with Gasteiger partial charge in [-0.3, -0.25) is 9.59 Å². The second-order valence-corrected chi connectivity index (χ2v) is 10.2. The first-order chi connectivity index (χ1) is 13.8. The predicted octanol–water partition coefficient (Wildman–Crippen LogP) is 1.69. The SMILES string of the molecule is C=CC(=O)NC1CCN(S(=O)(=O)c2ccc3c(c2)CCN3C(=O)C2CC2)CC1C. The number of carbonyl (C=O) groups excluding carboxylic acids is 2. The van der Waals surface area contributed by atoms with Crippen LogP contribution in [0.4, 0.5) is 5.69 Å². The average molecular weight is 418 g/mol. The molecule has 156 valence electrons. The van der Waals surface area contributed by atoms with E-state index in [0.717, 1.165) is 24.1 Å². The fraction of sp³-hybridized carbons (Fsp3) is 0.524. The standard InChI is InChI=1S/C21H27N3O4S/c1-3-20(25)22-18-9-10-23(13-14(18)2)29(27,28)17-6-7-19-16(12-17)8-11-24(19)21(26)15-4-5-15/h3,6-7,12,14-15,18H,1,4-5,8-11,13H2,2H3,(H,22,25). The van der Waals surface area contributed by atoms with Gasteiger partial charge in [-0.2, -0.15) is 4.31 Å². The zero-order valence-corrected chi connectivity index (χ0v) is 17.5. The number of sulfonamides is 1. The van der Waals surface area contributed by atoms with Gasteiger partial charge in [-0.05, 0) is 61.4 Å². The Labute approximate surface area is 171 Å². The lowest BCUT2D eigenvalue weighted by Crippen LogP contribution is -2.51. The summed E-state index contributed by atoms with van der Waals surface area (Å²) < 4.78 is 27.9. The number of nitrogens with one attached hydrogen (secondary N) is 1. The van der Waals surface area contributed by atoms with E-state index in [4.69, 9.17) is 0 Å². The molecule has 7 nitrogen and oxygen atoms in total. The number of amides is 2. The monoisotopic (exact) mass is 417 g/mol. The molecule has 1 aliphatic carbocycles. The minimum atomic E-state index is -3.62. The van der Waals surface area contributed by atoms with E-state index in [1.54, 1.807) is 23.1 Å². The Bertz CT molecular complexity index is 955. The van der Waals surface area contributed by atoms with Gasteiger partial charge in [0.1, 0.15) is 0 Å². The highest BCUT2D eigenvalue weighted by molar-refractivity contribution is 7.89. The lowest BCUT2D eigenvalue weighted by molar-refractivity contribution is -0.119. The van der Waals surface area contributed by atoms with E-state index in [-0.39, 0.29) is 34.6 Å². The molecule has 1 N–H and O–H groups in total. The normalized spacial score (nSPS) is 24.8. The van der Waals surface area contributed by atoms with Crippen LogP contribution in [0.5, 0.6) is 0 Å². The van der Waals surface area contributed by atoms with Gasteiger partial charge in [0.25, 0.3) is 0 Å². The van der Waals surface area contributed by atoms with Crippen LogP contribution in [0.1, 0.15) is 31.7 Å². The average Bonchev–Trinajstić information content (AvgIpc) is 3.47. The molecular weight excluding hydrogens is 390 g/mol. The van der Waals surface area contributed by atoms with E-state index in [9.17, 15) is 18.0 Å². The van der Waals surface area contributed by atoms with Crippen molar-refractivity contribution in [1.29, 1.82) is 0 Å². The first-order valence-electron chi connectivity index (χ1n) is 10.2. The summed E-state index contributed by atoms with van der Waals surface area (Å²) in [7, 11) is -3.62. The second-order valence-electron chi connectivity index (χ2n) is 8.25. The van der Waals surface area contributed by atoms with Gasteiger partial charge >= 0.3 is 0 Å². The first-order valence-corrected chi connectivity index (χ1v) is 11.6. The minimum absolute atomic E-state index is 0.00325. The minimum Gasteiger partial charge on any atom is -0.349 e. The molecule has 2 atom stereocenters. The third-order valence-corrected chi connectivity index (χ3v) is 8.02. The highest BCUT2D eigenvalue weighted by Gasteiger charge is 2.38. The number of piperidine rings is 1. The fourth-order valence-electron chi connectivity index (χ4n) is 4.25. The van der Waals surface area contributed by atoms with Crippen molar-refractivity contribution < 1.29 is 18.0 Å². The van der Waals surface area contributed by atoms with Crippen LogP contribution in [-0.4, -0.2) is 50.2 Å². The third kappa shape index (κ3) is 3.83. The lowest BCUT2D eigenvalue weighted by Gasteiger charge is -2.36. The molecule has 2 heterocycles. The van der Waals surface area contributed by atoms with Crippen LogP contribution >= 0.6 is 0 Å². The zero-order chi connectivity index (χ0) is 20.8. The van der Waals surface area contributed by atoms with Crippen molar-refractivity contribution in [3.63, 3.8) is 0 Å². The number of nitrogens with zero attached hydrogens (tertiary/aromatic N) is 2. The van der Waals surface area contributed by atoms with Crippen molar-refractivity contribution in [2.24, 2.45) is 11.8 Å². The number of hydrogen-bond acceptors (Lipinski definition) is 4. The van der Waals surface area contributed by atoms with Crippen LogP contribution in [-0.2, 0) is 26.0 Å². The molecule has 0 spiro atoms. The van der Waals surface area contributed by atoms with E-state index >= 15 is 0 Å². The topological polar surface area (TPSA) is 86.8 Å². The van der Waals surface area contributed by atoms with Crippen LogP contribution in [0.15, 0.2) is 35.7 Å². The fourth-order valence-corrected chi connectivity index (χ4v) is 5.86. The van der Waals surface area contributed by atoms with Crippen LogP contribution in [0, 0.1) is 11.8 Å². The zero-order valence-electron chi connectivity index (χ0n) is 16.6. The van der Waals surface area contributed by atoms with E-state index in [2.05, 4.69) is 11.9 Å². The number of rotatable bonds is 5. The molecule has 2 amide bonds. The largest absolute Gasteiger partial charge is 0.349 e. The molecule has 4 rings (SSSR count). The van der Waals surface area contributed by atoms with E-state index in [1.807, 2.05) is 6.92 Å². The molecule has 1 aromatic rings. The van der Waals surface area contributed by atoms with Crippen molar-refractivity contribution in [1.82, 2.24) is 9.62 Å². The maximum Gasteiger partial charge on any atom is 0.243 e. The lowest BCUT2D eigenvalue weighted by atomic mass is 9.95. The summed E-state index contributed by atoms with van der Waals surface area (Å²) >= 11 is 0. The van der Waals surface area contributed by atoms with Gasteiger partial charge in [-0.1, -0.05) is 13.5 Å². The Morgan fingerprint density at radius 3 is 2.62 bits per heavy atom. The van der Waals surface area contributed by atoms with Crippen molar-refractivity contribution in [2.75, 3.05) is 24.5 Å². The molecule has 1 saturated carbocycles. The maximum atomic E-state index is 13.2. The van der Waals surface area contributed by atoms with Gasteiger partial charge in [0.2, 0.25) is 21.8 Å². The molecule has 0 aromatic heterocycles. The molecule has 2 fully saturated rings. The smallest absolute Gasteiger partial charge is 0.243 e. The summed E-state index contributed by atoms with van der Waals surface area (Å²) in [6.07, 6.45) is 4.40. The summed E-state index contributed by atoms with van der Waals surface area (Å²) in [5, 5.41) is 2.88. The Balaban J connectivity index is 1.49. The van der Waals surface area contributed by atoms with Gasteiger partial charge in [0, 0.05) is 37.3 Å². The van der Waals surface area contributed by atoms with Gasteiger partial charge in [-0.25, -0.2) is 8.42 Å². The number of hydrogen-bond donors (Lipinski definition) is 1. The number of fused-ring (bicyclic) bond motifs is 1. The molecule has 1 aromatic carbocycles. The molecule has 2 unspecified atom stereocenters. The number of benzene rings is 1. The molecule has 2 aliphatic heterocycles. The van der Waals surface area contributed by atoms with Crippen molar-refractivity contribution in [2.45, 2.75) is 43.5 Å². The Kier molecular flexibility index (Phi) is 5.25. The molecule has 3 aliphatic rings. The maximum absolute atomic E-state index is 13.2. The Morgan fingerprint density at radius 1 is 1.21 bits per heavy atom. The molecule has 0 bridgehead atoms. The highest BCUT2D eigenvalue weighted by atomic mass is 32.2. The van der Waals surface area contributed by atoms with Crippen LogP contribution in [0.2, 0.25) is 0 Å². The van der Waals surface area contributed by atoms with E-state index in [1.165, 1.54) is 10.4 Å². The van der Waals surface area contributed by atoms with Crippen molar-refractivity contribution >= 4 is 27.5 Å². The van der Waals surface area contributed by atoms with Gasteiger partial charge < -0.3 is 10.2 Å². The molecule has 0 radical (unpaired) electrons. The number of carbonyl (C=O) groups is 2. The van der Waals surface area contributed by atoms with Crippen LogP contribution in [0.3, 0.4) is 0 Å². The van der Waals surface area contributed by atoms with Crippen molar-refractivity contribution in [3.05, 3.63) is 36.4 Å². The van der Waals surface area contributed by atoms with E-state index < -0.39 is 10.0 Å².